The van der Waals surface area contributed by atoms with E-state index in [-0.39, 0.29) is 12.6 Å². The lowest BCUT2D eigenvalue weighted by atomic mass is 10.1. The molecule has 0 aromatic heterocycles. The van der Waals surface area contributed by atoms with Crippen LogP contribution in [0.3, 0.4) is 0 Å². The highest BCUT2D eigenvalue weighted by molar-refractivity contribution is 5.72. The Balaban J connectivity index is 1.61. The van der Waals surface area contributed by atoms with E-state index in [9.17, 15) is 4.79 Å². The fourth-order valence-electron chi connectivity index (χ4n) is 1.93. The first kappa shape index (κ1) is 16.0. The van der Waals surface area contributed by atoms with E-state index < -0.39 is 0 Å². The predicted octanol–water partition coefficient (Wildman–Crippen LogP) is 2.15. The van der Waals surface area contributed by atoms with Crippen LogP contribution < -0.4 is 10.8 Å². The molecule has 0 unspecified atom stereocenters. The second-order valence-electron chi connectivity index (χ2n) is 4.86. The molecule has 0 atom stereocenters. The standard InChI is InChI=1S/C17H20N2O3/c20-12-15-8-6-14(7-9-15)10-11-18-17(21)19-22-13-16-4-2-1-3-5-16/h1-9,20H,10-13H2,(H2,18,19,21). The zero-order chi connectivity index (χ0) is 15.6. The number of hydrogen-bond donors (Lipinski definition) is 3. The first-order valence-electron chi connectivity index (χ1n) is 7.16. The van der Waals surface area contributed by atoms with Gasteiger partial charge in [-0.25, -0.2) is 10.3 Å². The van der Waals surface area contributed by atoms with Gasteiger partial charge in [-0.1, -0.05) is 54.6 Å². The highest BCUT2D eigenvalue weighted by atomic mass is 16.7. The minimum absolute atomic E-state index is 0.0414. The van der Waals surface area contributed by atoms with Crippen LogP contribution in [0.15, 0.2) is 54.6 Å². The second kappa shape index (κ2) is 8.81. The maximum atomic E-state index is 11.5. The van der Waals surface area contributed by atoms with Gasteiger partial charge in [0.05, 0.1) is 13.2 Å². The molecule has 0 saturated heterocycles. The summed E-state index contributed by atoms with van der Waals surface area (Å²) in [6, 6.07) is 16.9. The minimum Gasteiger partial charge on any atom is -0.392 e. The molecule has 22 heavy (non-hydrogen) atoms. The van der Waals surface area contributed by atoms with Crippen LogP contribution in [0.25, 0.3) is 0 Å². The Labute approximate surface area is 129 Å². The van der Waals surface area contributed by atoms with Crippen LogP contribution >= 0.6 is 0 Å². The van der Waals surface area contributed by atoms with Gasteiger partial charge in [0, 0.05) is 6.54 Å². The predicted molar refractivity (Wildman–Crippen MR) is 83.8 cm³/mol. The molecule has 0 spiro atoms. The first-order chi connectivity index (χ1) is 10.8. The third-order valence-corrected chi connectivity index (χ3v) is 3.15. The molecule has 0 aliphatic carbocycles. The molecule has 2 aromatic carbocycles. The number of urea groups is 1. The van der Waals surface area contributed by atoms with Gasteiger partial charge in [-0.15, -0.1) is 0 Å². The molecule has 2 amide bonds. The van der Waals surface area contributed by atoms with Gasteiger partial charge in [0.15, 0.2) is 0 Å². The summed E-state index contributed by atoms with van der Waals surface area (Å²) < 4.78 is 0. The smallest absolute Gasteiger partial charge is 0.338 e. The van der Waals surface area contributed by atoms with Crippen LogP contribution in [0, 0.1) is 0 Å². The van der Waals surface area contributed by atoms with Crippen molar-refractivity contribution in [1.29, 1.82) is 0 Å². The van der Waals surface area contributed by atoms with Crippen LogP contribution in [0.1, 0.15) is 16.7 Å². The van der Waals surface area contributed by atoms with Crippen LogP contribution in [-0.4, -0.2) is 17.7 Å². The van der Waals surface area contributed by atoms with Crippen molar-refractivity contribution < 1.29 is 14.7 Å². The van der Waals surface area contributed by atoms with Crippen molar-refractivity contribution in [3.05, 3.63) is 71.3 Å². The lowest BCUT2D eigenvalue weighted by molar-refractivity contribution is 0.0492. The molecule has 0 fully saturated rings. The number of amides is 2. The summed E-state index contributed by atoms with van der Waals surface area (Å²) in [4.78, 5) is 16.7. The minimum atomic E-state index is -0.358. The molecule has 2 aromatic rings. The van der Waals surface area contributed by atoms with E-state index in [2.05, 4.69) is 10.8 Å². The number of carbonyl (C=O) groups excluding carboxylic acids is 1. The van der Waals surface area contributed by atoms with E-state index in [4.69, 9.17) is 9.94 Å². The maximum absolute atomic E-state index is 11.5. The highest BCUT2D eigenvalue weighted by Gasteiger charge is 2.00. The molecule has 116 valence electrons. The van der Waals surface area contributed by atoms with E-state index in [1.54, 1.807) is 0 Å². The van der Waals surface area contributed by atoms with Crippen molar-refractivity contribution in [3.63, 3.8) is 0 Å². The van der Waals surface area contributed by atoms with Gasteiger partial charge in [-0.2, -0.15) is 0 Å². The Kier molecular flexibility index (Phi) is 6.41. The maximum Gasteiger partial charge on any atom is 0.338 e. The summed E-state index contributed by atoms with van der Waals surface area (Å²) in [5.41, 5.74) is 5.32. The van der Waals surface area contributed by atoms with E-state index >= 15 is 0 Å². The average molecular weight is 300 g/mol. The Morgan fingerprint density at radius 3 is 2.32 bits per heavy atom. The molecule has 5 nitrogen and oxygen atoms in total. The molecular weight excluding hydrogens is 280 g/mol. The SMILES string of the molecule is O=C(NCCc1ccc(CO)cc1)NOCc1ccccc1. The van der Waals surface area contributed by atoms with Crippen LogP contribution in [0.4, 0.5) is 4.79 Å². The zero-order valence-corrected chi connectivity index (χ0v) is 12.3. The van der Waals surface area contributed by atoms with E-state index in [0.29, 0.717) is 13.2 Å². The van der Waals surface area contributed by atoms with Gasteiger partial charge >= 0.3 is 6.03 Å². The first-order valence-corrected chi connectivity index (χ1v) is 7.16. The highest BCUT2D eigenvalue weighted by Crippen LogP contribution is 2.04. The number of carbonyl (C=O) groups is 1. The summed E-state index contributed by atoms with van der Waals surface area (Å²) in [5, 5.41) is 11.7. The van der Waals surface area contributed by atoms with Gasteiger partial charge in [-0.05, 0) is 23.1 Å². The molecular formula is C17H20N2O3. The van der Waals surface area contributed by atoms with E-state index in [1.165, 1.54) is 0 Å². The van der Waals surface area contributed by atoms with Gasteiger partial charge < -0.3 is 10.4 Å². The van der Waals surface area contributed by atoms with Gasteiger partial charge in [0.1, 0.15) is 0 Å². The number of benzene rings is 2. The molecule has 3 N–H and O–H groups in total. The Morgan fingerprint density at radius 1 is 0.955 bits per heavy atom. The second-order valence-corrected chi connectivity index (χ2v) is 4.86. The summed E-state index contributed by atoms with van der Waals surface area (Å²) in [6.07, 6.45) is 0.720. The van der Waals surface area contributed by atoms with Crippen molar-refractivity contribution >= 4 is 6.03 Å². The number of nitrogens with one attached hydrogen (secondary N) is 2. The molecule has 0 aliphatic rings. The van der Waals surface area contributed by atoms with Crippen molar-refractivity contribution in [1.82, 2.24) is 10.8 Å². The molecule has 0 saturated carbocycles. The lowest BCUT2D eigenvalue weighted by Gasteiger charge is -2.08. The molecule has 5 heteroatoms. The number of aliphatic hydroxyl groups is 1. The van der Waals surface area contributed by atoms with Gasteiger partial charge in [0.2, 0.25) is 0 Å². The van der Waals surface area contributed by atoms with Crippen molar-refractivity contribution in [2.24, 2.45) is 0 Å². The van der Waals surface area contributed by atoms with Crippen LogP contribution in [0.5, 0.6) is 0 Å². The summed E-state index contributed by atoms with van der Waals surface area (Å²) >= 11 is 0. The molecule has 0 heterocycles. The van der Waals surface area contributed by atoms with Crippen molar-refractivity contribution in [2.75, 3.05) is 6.54 Å². The normalized spacial score (nSPS) is 10.2. The van der Waals surface area contributed by atoms with Gasteiger partial charge in [-0.3, -0.25) is 4.84 Å². The number of aliphatic hydroxyl groups excluding tert-OH is 1. The van der Waals surface area contributed by atoms with Crippen LogP contribution in [-0.2, 0) is 24.5 Å². The summed E-state index contributed by atoms with van der Waals surface area (Å²) in [6.45, 7) is 0.884. The molecule has 0 radical (unpaired) electrons. The zero-order valence-electron chi connectivity index (χ0n) is 12.3. The third-order valence-electron chi connectivity index (χ3n) is 3.15. The summed E-state index contributed by atoms with van der Waals surface area (Å²) in [5.74, 6) is 0. The number of hydroxylamine groups is 1. The van der Waals surface area contributed by atoms with Crippen molar-refractivity contribution in [3.8, 4) is 0 Å². The molecule has 0 bridgehead atoms. The van der Waals surface area contributed by atoms with E-state index in [1.807, 2.05) is 54.6 Å². The average Bonchev–Trinajstić information content (AvgIpc) is 2.56. The number of rotatable bonds is 7. The number of hydrogen-bond acceptors (Lipinski definition) is 3. The summed E-state index contributed by atoms with van der Waals surface area (Å²) in [7, 11) is 0. The van der Waals surface area contributed by atoms with E-state index in [0.717, 1.165) is 23.1 Å². The lowest BCUT2D eigenvalue weighted by Crippen LogP contribution is -2.36. The molecule has 0 aliphatic heterocycles. The monoisotopic (exact) mass is 300 g/mol. The third kappa shape index (κ3) is 5.55. The fraction of sp³-hybridized carbons (Fsp3) is 0.235. The Morgan fingerprint density at radius 2 is 1.64 bits per heavy atom. The molecule has 2 rings (SSSR count). The quantitative estimate of drug-likeness (QED) is 0.686. The Bertz CT molecular complexity index is 570. The Hall–Kier alpha value is -2.37. The fourth-order valence-corrected chi connectivity index (χ4v) is 1.93. The largest absolute Gasteiger partial charge is 0.392 e. The van der Waals surface area contributed by atoms with Crippen LogP contribution in [0.2, 0.25) is 0 Å². The van der Waals surface area contributed by atoms with Gasteiger partial charge in [0.25, 0.3) is 0 Å². The van der Waals surface area contributed by atoms with Crippen molar-refractivity contribution in [2.45, 2.75) is 19.6 Å². The topological polar surface area (TPSA) is 70.6 Å².